The Hall–Kier alpha value is 1.20. The van der Waals surface area contributed by atoms with Crippen LogP contribution in [-0.4, -0.2) is 33.1 Å². The van der Waals surface area contributed by atoms with Crippen LogP contribution in [0.4, 0.5) is 0 Å². The molecule has 0 aromatic rings. The fourth-order valence-electron chi connectivity index (χ4n) is 1.63. The lowest BCUT2D eigenvalue weighted by Gasteiger charge is -2.31. The zero-order valence-electron chi connectivity index (χ0n) is 9.01. The van der Waals surface area contributed by atoms with Crippen molar-refractivity contribution in [1.82, 2.24) is 0 Å². The lowest BCUT2D eigenvalue weighted by Crippen LogP contribution is -2.39. The number of hydrogen-bond acceptors (Lipinski definition) is 2. The Labute approximate surface area is 123 Å². The molecule has 4 atom stereocenters. The van der Waals surface area contributed by atoms with Gasteiger partial charge in [-0.3, -0.25) is 0 Å². The minimum Gasteiger partial charge on any atom is -0.390 e. The maximum Gasteiger partial charge on any atom is 0.128 e. The van der Waals surface area contributed by atoms with Gasteiger partial charge >= 0.3 is 0 Å². The molecule has 0 amide bonds. The fourth-order valence-corrected chi connectivity index (χ4v) is 2.71. The number of alkyl halides is 2. The Balaban J connectivity index is 2.90. The third kappa shape index (κ3) is 2.78. The van der Waals surface area contributed by atoms with E-state index < -0.39 is 11.7 Å². The largest absolute Gasteiger partial charge is 0.390 e. The number of hydrogen-bond donors (Lipinski definition) is 1. The van der Waals surface area contributed by atoms with Crippen LogP contribution in [0.25, 0.3) is 0 Å². The maximum atomic E-state index is 10.0. The summed E-state index contributed by atoms with van der Waals surface area (Å²) in [5.74, 6) is 0.399. The minimum absolute atomic E-state index is 0.175. The van der Waals surface area contributed by atoms with Gasteiger partial charge in [-0.2, -0.15) is 0 Å². The predicted octanol–water partition coefficient (Wildman–Crippen LogP) is 3.76. The predicted molar refractivity (Wildman–Crippen MR) is 74.8 cm³/mol. The number of aliphatic hydroxyl groups is 1. The van der Waals surface area contributed by atoms with E-state index in [1.807, 2.05) is 6.92 Å². The van der Waals surface area contributed by atoms with E-state index in [1.165, 1.54) is 0 Å². The molecule has 1 heterocycles. The van der Waals surface area contributed by atoms with E-state index >= 15 is 0 Å². The molecule has 0 aliphatic carbocycles. The van der Waals surface area contributed by atoms with Crippen LogP contribution in [0.2, 0.25) is 0 Å². The van der Waals surface area contributed by atoms with Crippen LogP contribution in [0.1, 0.15) is 20.3 Å². The van der Waals surface area contributed by atoms with Gasteiger partial charge in [-0.15, -0.1) is 11.6 Å². The Morgan fingerprint density at radius 3 is 2.75 bits per heavy atom. The van der Waals surface area contributed by atoms with E-state index in [9.17, 15) is 5.11 Å². The second kappa shape index (κ2) is 5.45. The van der Waals surface area contributed by atoms with Crippen molar-refractivity contribution >= 4 is 55.1 Å². The lowest BCUT2D eigenvalue weighted by atomic mass is 9.96. The molecule has 1 aliphatic rings. The van der Waals surface area contributed by atoms with Crippen molar-refractivity contribution in [3.63, 3.8) is 0 Å². The first-order valence-electron chi connectivity index (χ1n) is 4.85. The van der Waals surface area contributed by atoms with E-state index in [0.29, 0.717) is 17.3 Å². The topological polar surface area (TPSA) is 29.5 Å². The normalized spacial score (nSPS) is 39.8. The van der Waals surface area contributed by atoms with E-state index in [1.54, 1.807) is 11.9 Å². The third-order valence-electron chi connectivity index (χ3n) is 2.96. The molecule has 0 aromatic carbocycles. The van der Waals surface area contributed by atoms with Crippen molar-refractivity contribution in [2.45, 2.75) is 42.4 Å². The van der Waals surface area contributed by atoms with Gasteiger partial charge in [-0.25, -0.2) is 0 Å². The maximum absolute atomic E-state index is 10.0. The molecule has 1 saturated heterocycles. The molecular formula is C10H14Br2Cl2O2. The molecule has 0 aromatic heterocycles. The standard InChI is InChI=1S/C10H14Br2Cl2O2/c1-9(12,5-13)8-3-7(15)10(2,16-8)6(14)4-11/h4,7-8,15H,3,5H2,1-2H3/b6-4-/t7-,8+,9-,10-/m0/s1. The molecule has 16 heavy (non-hydrogen) atoms. The molecule has 2 nitrogen and oxygen atoms in total. The Morgan fingerprint density at radius 1 is 1.75 bits per heavy atom. The van der Waals surface area contributed by atoms with Crippen molar-refractivity contribution < 1.29 is 9.84 Å². The quantitative estimate of drug-likeness (QED) is 0.736. The minimum atomic E-state index is -0.864. The average Bonchev–Trinajstić information content (AvgIpc) is 2.56. The molecule has 1 rings (SSSR count). The molecule has 0 radical (unpaired) electrons. The van der Waals surface area contributed by atoms with Gasteiger partial charge in [0.2, 0.25) is 0 Å². The van der Waals surface area contributed by atoms with Crippen molar-refractivity contribution in [2.24, 2.45) is 0 Å². The first-order chi connectivity index (χ1) is 7.28. The Morgan fingerprint density at radius 2 is 2.31 bits per heavy atom. The summed E-state index contributed by atoms with van der Waals surface area (Å²) in [6.45, 7) is 3.71. The smallest absolute Gasteiger partial charge is 0.128 e. The summed E-state index contributed by atoms with van der Waals surface area (Å²) in [4.78, 5) is 1.56. The number of halogens is 4. The van der Waals surface area contributed by atoms with Crippen LogP contribution in [0, 0.1) is 0 Å². The van der Waals surface area contributed by atoms with Crippen LogP contribution in [0.3, 0.4) is 0 Å². The number of aliphatic hydroxyl groups excluding tert-OH is 1. The van der Waals surface area contributed by atoms with Crippen LogP contribution in [-0.2, 0) is 4.74 Å². The molecule has 1 fully saturated rings. The monoisotopic (exact) mass is 394 g/mol. The van der Waals surface area contributed by atoms with Crippen LogP contribution >= 0.6 is 55.1 Å². The Kier molecular flexibility index (Phi) is 5.20. The average molecular weight is 397 g/mol. The Bertz CT molecular complexity index is 297. The van der Waals surface area contributed by atoms with E-state index in [0.717, 1.165) is 0 Å². The molecule has 94 valence electrons. The summed E-state index contributed by atoms with van der Waals surface area (Å²) < 4.78 is 5.49. The van der Waals surface area contributed by atoms with Gasteiger partial charge in [0.05, 0.1) is 21.6 Å². The summed E-state index contributed by atoms with van der Waals surface area (Å²) >= 11 is 18.6. The first-order valence-corrected chi connectivity index (χ1v) is 7.47. The highest BCUT2D eigenvalue weighted by Crippen LogP contribution is 2.44. The molecule has 1 N–H and O–H groups in total. The van der Waals surface area contributed by atoms with Crippen LogP contribution in [0.5, 0.6) is 0 Å². The van der Waals surface area contributed by atoms with Crippen molar-refractivity contribution in [3.8, 4) is 0 Å². The van der Waals surface area contributed by atoms with Gasteiger partial charge in [0, 0.05) is 12.3 Å². The van der Waals surface area contributed by atoms with E-state index in [4.69, 9.17) is 27.9 Å². The summed E-state index contributed by atoms with van der Waals surface area (Å²) in [5.41, 5.74) is -0.864. The van der Waals surface area contributed by atoms with Gasteiger partial charge in [-0.1, -0.05) is 43.5 Å². The zero-order chi connectivity index (χ0) is 12.6. The lowest BCUT2D eigenvalue weighted by molar-refractivity contribution is -0.0443. The second-order valence-electron chi connectivity index (χ2n) is 4.33. The molecule has 0 spiro atoms. The first kappa shape index (κ1) is 15.3. The molecule has 1 aliphatic heterocycles. The summed E-state index contributed by atoms with van der Waals surface area (Å²) in [7, 11) is 0. The third-order valence-corrected chi connectivity index (χ3v) is 5.84. The SMILES string of the molecule is C[C@](Br)(CCl)[C@H]1C[C@H](O)[C@](C)(/C(Cl)=C/Br)O1. The zero-order valence-corrected chi connectivity index (χ0v) is 13.7. The summed E-state index contributed by atoms with van der Waals surface area (Å²) in [6, 6.07) is 0. The molecule has 6 heteroatoms. The number of rotatable bonds is 3. The highest BCUT2D eigenvalue weighted by atomic mass is 79.9. The van der Waals surface area contributed by atoms with Crippen LogP contribution < -0.4 is 0 Å². The van der Waals surface area contributed by atoms with Crippen molar-refractivity contribution in [3.05, 3.63) is 10.0 Å². The summed E-state index contributed by atoms with van der Waals surface area (Å²) in [5, 5.41) is 10.5. The van der Waals surface area contributed by atoms with Crippen molar-refractivity contribution in [1.29, 1.82) is 0 Å². The van der Waals surface area contributed by atoms with Gasteiger partial charge in [0.15, 0.2) is 0 Å². The van der Waals surface area contributed by atoms with Crippen LogP contribution in [0.15, 0.2) is 10.0 Å². The molecule has 0 saturated carbocycles. The molecule has 0 bridgehead atoms. The van der Waals surface area contributed by atoms with Gasteiger partial charge in [0.25, 0.3) is 0 Å². The highest BCUT2D eigenvalue weighted by Gasteiger charge is 2.51. The highest BCUT2D eigenvalue weighted by molar-refractivity contribution is 9.11. The fraction of sp³-hybridized carbons (Fsp3) is 0.800. The number of ether oxygens (including phenoxy) is 1. The van der Waals surface area contributed by atoms with Gasteiger partial charge < -0.3 is 9.84 Å². The van der Waals surface area contributed by atoms with Gasteiger partial charge in [-0.05, 0) is 18.8 Å². The molecule has 0 unspecified atom stereocenters. The molecular weight excluding hydrogens is 383 g/mol. The van der Waals surface area contributed by atoms with E-state index in [2.05, 4.69) is 31.9 Å². The van der Waals surface area contributed by atoms with E-state index in [-0.39, 0.29) is 10.4 Å². The summed E-state index contributed by atoms with van der Waals surface area (Å²) in [6.07, 6.45) is -0.313. The second-order valence-corrected chi connectivity index (χ2v) is 7.28. The van der Waals surface area contributed by atoms with Gasteiger partial charge in [0.1, 0.15) is 5.60 Å². The van der Waals surface area contributed by atoms with Crippen molar-refractivity contribution in [2.75, 3.05) is 5.88 Å².